The minimum absolute atomic E-state index is 0.506. The Hall–Kier alpha value is -0.330. The van der Waals surface area contributed by atoms with Crippen molar-refractivity contribution >= 4 is 5.78 Å². The van der Waals surface area contributed by atoms with Gasteiger partial charge in [0.05, 0.1) is 0 Å². The first kappa shape index (κ1) is 12.7. The summed E-state index contributed by atoms with van der Waals surface area (Å²) < 4.78 is 0. The van der Waals surface area contributed by atoms with E-state index in [1.807, 2.05) is 0 Å². The lowest BCUT2D eigenvalue weighted by molar-refractivity contribution is -0.122. The first-order valence-electron chi connectivity index (χ1n) is 6.75. The van der Waals surface area contributed by atoms with Gasteiger partial charge in [-0.3, -0.25) is 4.79 Å². The first-order valence-corrected chi connectivity index (χ1v) is 6.75. The van der Waals surface area contributed by atoms with E-state index in [9.17, 15) is 4.79 Å². The molecule has 0 aromatic heterocycles. The number of carbonyl (C=O) groups is 1. The average Bonchev–Trinajstić information content (AvgIpc) is 2.24. The van der Waals surface area contributed by atoms with Gasteiger partial charge >= 0.3 is 0 Å². The van der Waals surface area contributed by atoms with Gasteiger partial charge in [0, 0.05) is 12.8 Å². The third kappa shape index (κ3) is 4.81. The summed E-state index contributed by atoms with van der Waals surface area (Å²) in [7, 11) is 0. The summed E-state index contributed by atoms with van der Waals surface area (Å²) in [5.41, 5.74) is 0. The molecule has 2 atom stereocenters. The Labute approximate surface area is 94.6 Å². The van der Waals surface area contributed by atoms with Crippen molar-refractivity contribution in [3.05, 3.63) is 0 Å². The van der Waals surface area contributed by atoms with Gasteiger partial charge in [-0.25, -0.2) is 0 Å². The lowest BCUT2D eigenvalue weighted by atomic mass is 9.78. The zero-order valence-electron chi connectivity index (χ0n) is 10.4. The maximum atomic E-state index is 11.4. The summed E-state index contributed by atoms with van der Waals surface area (Å²) in [6.45, 7) is 4.60. The minimum atomic E-state index is 0.506. The molecule has 88 valence electrons. The zero-order chi connectivity index (χ0) is 11.1. The third-order valence-corrected chi connectivity index (χ3v) is 3.84. The van der Waals surface area contributed by atoms with Crippen LogP contribution >= 0.6 is 0 Å². The van der Waals surface area contributed by atoms with Crippen LogP contribution in [0.15, 0.2) is 0 Å². The van der Waals surface area contributed by atoms with Crippen molar-refractivity contribution in [3.63, 3.8) is 0 Å². The number of ketones is 1. The molecule has 1 fully saturated rings. The van der Waals surface area contributed by atoms with Crippen LogP contribution in [0.3, 0.4) is 0 Å². The molecular weight excluding hydrogens is 184 g/mol. The number of Topliss-reactive ketones (excluding diaryl/α,β-unsaturated/α-hetero) is 1. The summed E-state index contributed by atoms with van der Waals surface area (Å²) in [5.74, 6) is 1.98. The molecule has 0 spiro atoms. The molecule has 0 heterocycles. The van der Waals surface area contributed by atoms with Gasteiger partial charge in [0.15, 0.2) is 0 Å². The number of hydrogen-bond acceptors (Lipinski definition) is 1. The van der Waals surface area contributed by atoms with Crippen molar-refractivity contribution in [1.82, 2.24) is 0 Å². The highest BCUT2D eigenvalue weighted by atomic mass is 16.1. The smallest absolute Gasteiger partial charge is 0.133 e. The average molecular weight is 210 g/mol. The summed E-state index contributed by atoms with van der Waals surface area (Å²) in [6, 6.07) is 0. The third-order valence-electron chi connectivity index (χ3n) is 3.84. The molecule has 1 rings (SSSR count). The predicted molar refractivity (Wildman–Crippen MR) is 64.9 cm³/mol. The van der Waals surface area contributed by atoms with Gasteiger partial charge in [0.25, 0.3) is 0 Å². The van der Waals surface area contributed by atoms with E-state index < -0.39 is 0 Å². The largest absolute Gasteiger partial charge is 0.300 e. The molecule has 0 bridgehead atoms. The van der Waals surface area contributed by atoms with Crippen LogP contribution in [-0.2, 0) is 4.79 Å². The Morgan fingerprint density at radius 1 is 1.33 bits per heavy atom. The van der Waals surface area contributed by atoms with Gasteiger partial charge in [-0.2, -0.15) is 0 Å². The molecule has 2 unspecified atom stereocenters. The van der Waals surface area contributed by atoms with Crippen molar-refractivity contribution < 1.29 is 4.79 Å². The van der Waals surface area contributed by atoms with Crippen molar-refractivity contribution in [1.29, 1.82) is 0 Å². The topological polar surface area (TPSA) is 17.1 Å². The Morgan fingerprint density at radius 2 is 2.13 bits per heavy atom. The van der Waals surface area contributed by atoms with Crippen LogP contribution in [0.4, 0.5) is 0 Å². The Morgan fingerprint density at radius 3 is 2.80 bits per heavy atom. The molecule has 1 saturated carbocycles. The fourth-order valence-corrected chi connectivity index (χ4v) is 2.67. The molecule has 1 heteroatoms. The van der Waals surface area contributed by atoms with Crippen LogP contribution in [0.5, 0.6) is 0 Å². The lowest BCUT2D eigenvalue weighted by Gasteiger charge is -2.26. The van der Waals surface area contributed by atoms with Gasteiger partial charge in [-0.1, -0.05) is 46.0 Å². The fraction of sp³-hybridized carbons (Fsp3) is 0.929. The molecule has 0 aromatic rings. The second kappa shape index (κ2) is 7.03. The molecule has 0 amide bonds. The first-order chi connectivity index (χ1) is 7.24. The molecule has 0 saturated heterocycles. The van der Waals surface area contributed by atoms with E-state index in [0.717, 1.165) is 25.2 Å². The monoisotopic (exact) mass is 210 g/mol. The highest BCUT2D eigenvalue weighted by Gasteiger charge is 2.23. The maximum Gasteiger partial charge on any atom is 0.133 e. The molecule has 0 N–H and O–H groups in total. The second-order valence-corrected chi connectivity index (χ2v) is 5.22. The van der Waals surface area contributed by atoms with E-state index >= 15 is 0 Å². The summed E-state index contributed by atoms with van der Waals surface area (Å²) in [6.07, 6.45) is 10.9. The van der Waals surface area contributed by atoms with E-state index in [2.05, 4.69) is 13.8 Å². The molecule has 1 aliphatic rings. The molecule has 0 aliphatic heterocycles. The van der Waals surface area contributed by atoms with E-state index in [-0.39, 0.29) is 0 Å². The quantitative estimate of drug-likeness (QED) is 0.596. The van der Waals surface area contributed by atoms with Gasteiger partial charge < -0.3 is 0 Å². The SMILES string of the molecule is CCCCCCC(C)C1CCCC(=O)C1. The normalized spacial score (nSPS) is 24.1. The van der Waals surface area contributed by atoms with Crippen molar-refractivity contribution in [2.24, 2.45) is 11.8 Å². The van der Waals surface area contributed by atoms with Crippen molar-refractivity contribution in [2.45, 2.75) is 71.6 Å². The minimum Gasteiger partial charge on any atom is -0.300 e. The summed E-state index contributed by atoms with van der Waals surface area (Å²) in [5, 5.41) is 0. The van der Waals surface area contributed by atoms with Crippen molar-refractivity contribution in [2.75, 3.05) is 0 Å². The van der Waals surface area contributed by atoms with E-state index in [0.29, 0.717) is 11.7 Å². The van der Waals surface area contributed by atoms with E-state index in [4.69, 9.17) is 0 Å². The number of carbonyl (C=O) groups excluding carboxylic acids is 1. The van der Waals surface area contributed by atoms with Gasteiger partial charge in [-0.15, -0.1) is 0 Å². The van der Waals surface area contributed by atoms with Crippen LogP contribution < -0.4 is 0 Å². The van der Waals surface area contributed by atoms with Crippen LogP contribution in [-0.4, -0.2) is 5.78 Å². The maximum absolute atomic E-state index is 11.4. The van der Waals surface area contributed by atoms with Crippen LogP contribution in [0.25, 0.3) is 0 Å². The van der Waals surface area contributed by atoms with Gasteiger partial charge in [-0.05, 0) is 24.7 Å². The molecular formula is C14H26O. The molecule has 0 aromatic carbocycles. The second-order valence-electron chi connectivity index (χ2n) is 5.22. The van der Waals surface area contributed by atoms with Gasteiger partial charge in [0.2, 0.25) is 0 Å². The predicted octanol–water partition coefficient (Wildman–Crippen LogP) is 4.35. The lowest BCUT2D eigenvalue weighted by Crippen LogP contribution is -2.21. The van der Waals surface area contributed by atoms with E-state index in [1.165, 1.54) is 38.5 Å². The number of hydrogen-bond donors (Lipinski definition) is 0. The van der Waals surface area contributed by atoms with Crippen LogP contribution in [0, 0.1) is 11.8 Å². The number of unbranched alkanes of at least 4 members (excludes halogenated alkanes) is 3. The highest BCUT2D eigenvalue weighted by Crippen LogP contribution is 2.30. The summed E-state index contributed by atoms with van der Waals surface area (Å²) >= 11 is 0. The standard InChI is InChI=1S/C14H26O/c1-3-4-5-6-8-12(2)13-9-7-10-14(15)11-13/h12-13H,3-11H2,1-2H3. The van der Waals surface area contributed by atoms with Crippen molar-refractivity contribution in [3.8, 4) is 0 Å². The Kier molecular flexibility index (Phi) is 5.97. The Bertz CT molecular complexity index is 186. The summed E-state index contributed by atoms with van der Waals surface area (Å²) in [4.78, 5) is 11.4. The molecule has 0 radical (unpaired) electrons. The fourth-order valence-electron chi connectivity index (χ4n) is 2.67. The van der Waals surface area contributed by atoms with Crippen LogP contribution in [0.1, 0.15) is 71.6 Å². The molecule has 15 heavy (non-hydrogen) atoms. The van der Waals surface area contributed by atoms with Gasteiger partial charge in [0.1, 0.15) is 5.78 Å². The van der Waals surface area contributed by atoms with Crippen LogP contribution in [0.2, 0.25) is 0 Å². The Balaban J connectivity index is 2.15. The van der Waals surface area contributed by atoms with E-state index in [1.54, 1.807) is 0 Å². The molecule has 1 nitrogen and oxygen atoms in total. The number of rotatable bonds is 6. The molecule has 1 aliphatic carbocycles. The zero-order valence-corrected chi connectivity index (χ0v) is 10.4. The highest BCUT2D eigenvalue weighted by molar-refractivity contribution is 5.79.